The molecule has 21 heavy (non-hydrogen) atoms. The molecule has 1 fully saturated rings. The SMILES string of the molecule is CNC(=O)C1CCCN1S(=O)(=O)c1cccc(C(C)=O)c1. The number of rotatable bonds is 4. The van der Waals surface area contributed by atoms with Crippen molar-refractivity contribution in [2.75, 3.05) is 13.6 Å². The summed E-state index contributed by atoms with van der Waals surface area (Å²) < 4.78 is 26.6. The first-order valence-electron chi connectivity index (χ1n) is 6.72. The Hall–Kier alpha value is -1.73. The highest BCUT2D eigenvalue weighted by Gasteiger charge is 2.39. The molecule has 0 spiro atoms. The second kappa shape index (κ2) is 5.95. The molecule has 1 aliphatic rings. The summed E-state index contributed by atoms with van der Waals surface area (Å²) in [6, 6.07) is 5.23. The van der Waals surface area contributed by atoms with Crippen molar-refractivity contribution in [3.05, 3.63) is 29.8 Å². The van der Waals surface area contributed by atoms with E-state index in [1.54, 1.807) is 6.07 Å². The second-order valence-electron chi connectivity index (χ2n) is 4.97. The minimum Gasteiger partial charge on any atom is -0.358 e. The monoisotopic (exact) mass is 310 g/mol. The quantitative estimate of drug-likeness (QED) is 0.833. The van der Waals surface area contributed by atoms with Crippen LogP contribution in [-0.4, -0.2) is 44.0 Å². The van der Waals surface area contributed by atoms with Crippen molar-refractivity contribution in [3.8, 4) is 0 Å². The molecular weight excluding hydrogens is 292 g/mol. The molecule has 2 rings (SSSR count). The molecule has 1 N–H and O–H groups in total. The fourth-order valence-corrected chi connectivity index (χ4v) is 4.17. The average Bonchev–Trinajstić information content (AvgIpc) is 2.96. The van der Waals surface area contributed by atoms with Gasteiger partial charge in [0.1, 0.15) is 6.04 Å². The van der Waals surface area contributed by atoms with Gasteiger partial charge in [-0.25, -0.2) is 8.42 Å². The molecule has 7 heteroatoms. The number of carbonyl (C=O) groups excluding carboxylic acids is 2. The van der Waals surface area contributed by atoms with Crippen molar-refractivity contribution in [2.24, 2.45) is 0 Å². The van der Waals surface area contributed by atoms with E-state index in [1.165, 1.54) is 36.5 Å². The lowest BCUT2D eigenvalue weighted by atomic mass is 10.2. The fourth-order valence-electron chi connectivity index (χ4n) is 2.47. The van der Waals surface area contributed by atoms with E-state index in [4.69, 9.17) is 0 Å². The summed E-state index contributed by atoms with van der Waals surface area (Å²) in [7, 11) is -2.29. The Balaban J connectivity index is 2.40. The van der Waals surface area contributed by atoms with E-state index < -0.39 is 16.1 Å². The largest absolute Gasteiger partial charge is 0.358 e. The highest BCUT2D eigenvalue weighted by atomic mass is 32.2. The number of carbonyl (C=O) groups is 2. The molecule has 0 bridgehead atoms. The van der Waals surface area contributed by atoms with Gasteiger partial charge in [0.2, 0.25) is 15.9 Å². The van der Waals surface area contributed by atoms with Crippen molar-refractivity contribution in [1.82, 2.24) is 9.62 Å². The third-order valence-corrected chi connectivity index (χ3v) is 5.50. The Morgan fingerprint density at radius 3 is 2.67 bits per heavy atom. The lowest BCUT2D eigenvalue weighted by molar-refractivity contribution is -0.123. The van der Waals surface area contributed by atoms with E-state index in [0.717, 1.165) is 0 Å². The van der Waals surface area contributed by atoms with Crippen LogP contribution >= 0.6 is 0 Å². The van der Waals surface area contributed by atoms with Gasteiger partial charge < -0.3 is 5.32 Å². The van der Waals surface area contributed by atoms with E-state index in [1.807, 2.05) is 0 Å². The molecule has 1 aromatic carbocycles. The number of nitrogens with zero attached hydrogens (tertiary/aromatic N) is 1. The zero-order valence-corrected chi connectivity index (χ0v) is 12.8. The topological polar surface area (TPSA) is 83.6 Å². The highest BCUT2D eigenvalue weighted by Crippen LogP contribution is 2.26. The van der Waals surface area contributed by atoms with Crippen molar-refractivity contribution in [3.63, 3.8) is 0 Å². The summed E-state index contributed by atoms with van der Waals surface area (Å²) in [5, 5.41) is 2.49. The van der Waals surface area contributed by atoms with Crippen LogP contribution in [0.4, 0.5) is 0 Å². The number of benzene rings is 1. The summed E-state index contributed by atoms with van der Waals surface area (Å²) in [5.74, 6) is -0.505. The van der Waals surface area contributed by atoms with Crippen LogP contribution in [0.15, 0.2) is 29.2 Å². The first-order chi connectivity index (χ1) is 9.87. The molecule has 0 radical (unpaired) electrons. The van der Waals surface area contributed by atoms with Gasteiger partial charge in [-0.1, -0.05) is 12.1 Å². The van der Waals surface area contributed by atoms with Crippen LogP contribution in [-0.2, 0) is 14.8 Å². The minimum atomic E-state index is -3.78. The van der Waals surface area contributed by atoms with Gasteiger partial charge in [0, 0.05) is 19.2 Å². The molecule has 0 saturated carbocycles. The number of ketones is 1. The number of hydrogen-bond acceptors (Lipinski definition) is 4. The number of amides is 1. The van der Waals surface area contributed by atoms with Gasteiger partial charge >= 0.3 is 0 Å². The molecule has 1 atom stereocenters. The van der Waals surface area contributed by atoms with Crippen molar-refractivity contribution in [1.29, 1.82) is 0 Å². The third kappa shape index (κ3) is 2.98. The zero-order chi connectivity index (χ0) is 15.6. The first-order valence-corrected chi connectivity index (χ1v) is 8.16. The van der Waals surface area contributed by atoms with Crippen molar-refractivity contribution < 1.29 is 18.0 Å². The smallest absolute Gasteiger partial charge is 0.243 e. The minimum absolute atomic E-state index is 0.0472. The number of likely N-dealkylation sites (N-methyl/N-ethyl adjacent to an activating group) is 1. The van der Waals surface area contributed by atoms with E-state index >= 15 is 0 Å². The van der Waals surface area contributed by atoms with Gasteiger partial charge in [-0.2, -0.15) is 4.31 Å². The molecule has 1 amide bonds. The van der Waals surface area contributed by atoms with E-state index in [0.29, 0.717) is 24.9 Å². The highest BCUT2D eigenvalue weighted by molar-refractivity contribution is 7.89. The average molecular weight is 310 g/mol. The molecular formula is C14H18N2O4S. The molecule has 1 saturated heterocycles. The van der Waals surface area contributed by atoms with Crippen LogP contribution in [0.25, 0.3) is 0 Å². The molecule has 114 valence electrons. The van der Waals surface area contributed by atoms with Crippen LogP contribution in [0, 0.1) is 0 Å². The van der Waals surface area contributed by atoms with Crippen LogP contribution in [0.5, 0.6) is 0 Å². The van der Waals surface area contributed by atoms with Gasteiger partial charge in [-0.3, -0.25) is 9.59 Å². The van der Waals surface area contributed by atoms with Crippen molar-refractivity contribution in [2.45, 2.75) is 30.7 Å². The number of nitrogens with one attached hydrogen (secondary N) is 1. The summed E-state index contributed by atoms with van der Waals surface area (Å²) in [4.78, 5) is 23.2. The maximum atomic E-state index is 12.7. The Morgan fingerprint density at radius 2 is 2.05 bits per heavy atom. The Kier molecular flexibility index (Phi) is 4.43. The molecule has 0 aliphatic carbocycles. The third-order valence-electron chi connectivity index (χ3n) is 3.60. The molecule has 1 unspecified atom stereocenters. The van der Waals surface area contributed by atoms with Gasteiger partial charge in [-0.15, -0.1) is 0 Å². The van der Waals surface area contributed by atoms with Gasteiger partial charge in [0.15, 0.2) is 5.78 Å². The van der Waals surface area contributed by atoms with Crippen LogP contribution in [0.3, 0.4) is 0 Å². The van der Waals surface area contributed by atoms with E-state index in [2.05, 4.69) is 5.32 Å². The summed E-state index contributed by atoms with van der Waals surface area (Å²) in [6.45, 7) is 1.69. The summed E-state index contributed by atoms with van der Waals surface area (Å²) >= 11 is 0. The van der Waals surface area contributed by atoms with Gasteiger partial charge in [0.05, 0.1) is 4.90 Å². The summed E-state index contributed by atoms with van der Waals surface area (Å²) in [5.41, 5.74) is 0.340. The molecule has 0 aromatic heterocycles. The normalized spacial score (nSPS) is 19.4. The zero-order valence-electron chi connectivity index (χ0n) is 12.0. The van der Waals surface area contributed by atoms with Crippen molar-refractivity contribution >= 4 is 21.7 Å². The standard InChI is InChI=1S/C14H18N2O4S/c1-10(17)11-5-3-6-12(9-11)21(19,20)16-8-4-7-13(16)14(18)15-2/h3,5-6,9,13H,4,7-8H2,1-2H3,(H,15,18). The molecule has 1 heterocycles. The van der Waals surface area contributed by atoms with E-state index in [9.17, 15) is 18.0 Å². The van der Waals surface area contributed by atoms with Crippen LogP contribution in [0.1, 0.15) is 30.1 Å². The van der Waals surface area contributed by atoms with Gasteiger partial charge in [0.25, 0.3) is 0 Å². The maximum Gasteiger partial charge on any atom is 0.243 e. The maximum absolute atomic E-state index is 12.7. The molecule has 6 nitrogen and oxygen atoms in total. The lowest BCUT2D eigenvalue weighted by Gasteiger charge is -2.22. The number of Topliss-reactive ketones (excluding diaryl/α,β-unsaturated/α-hetero) is 1. The van der Waals surface area contributed by atoms with E-state index in [-0.39, 0.29) is 16.6 Å². The Bertz CT molecular complexity index is 669. The Morgan fingerprint density at radius 1 is 1.33 bits per heavy atom. The first kappa shape index (κ1) is 15.7. The van der Waals surface area contributed by atoms with Crippen LogP contribution in [0.2, 0.25) is 0 Å². The summed E-state index contributed by atoms with van der Waals surface area (Å²) in [6.07, 6.45) is 1.15. The lowest BCUT2D eigenvalue weighted by Crippen LogP contribution is -2.44. The predicted molar refractivity (Wildman–Crippen MR) is 77.4 cm³/mol. The fraction of sp³-hybridized carbons (Fsp3) is 0.429. The molecule has 1 aromatic rings. The second-order valence-corrected chi connectivity index (χ2v) is 6.86. The predicted octanol–water partition coefficient (Wildman–Crippen LogP) is 0.788. The molecule has 1 aliphatic heterocycles. The van der Waals surface area contributed by atoms with Gasteiger partial charge in [-0.05, 0) is 31.9 Å². The number of sulfonamides is 1. The Labute approximate surface area is 124 Å². The van der Waals surface area contributed by atoms with Crippen LogP contribution < -0.4 is 5.32 Å². The number of hydrogen-bond donors (Lipinski definition) is 1.